The summed E-state index contributed by atoms with van der Waals surface area (Å²) < 4.78 is 0. The van der Waals surface area contributed by atoms with Gasteiger partial charge in [0.05, 0.1) is 0 Å². The van der Waals surface area contributed by atoms with Crippen molar-refractivity contribution in [2.24, 2.45) is 0 Å². The van der Waals surface area contributed by atoms with E-state index in [4.69, 9.17) is 0 Å². The zero-order valence-corrected chi connectivity index (χ0v) is 12.5. The van der Waals surface area contributed by atoms with Crippen LogP contribution < -0.4 is 5.30 Å². The molecule has 0 aliphatic carbocycles. The molecule has 0 bridgehead atoms. The summed E-state index contributed by atoms with van der Waals surface area (Å²) in [6.45, 7) is 6.53. The molecule has 0 saturated heterocycles. The first kappa shape index (κ1) is 14.7. The van der Waals surface area contributed by atoms with E-state index in [1.54, 1.807) is 0 Å². The Hall–Kier alpha value is -0.390. The van der Waals surface area contributed by atoms with Crippen molar-refractivity contribution in [2.45, 2.75) is 46.5 Å². The first-order chi connectivity index (χ1) is 8.14. The van der Waals surface area contributed by atoms with E-state index in [1.807, 2.05) is 0 Å². The van der Waals surface area contributed by atoms with Crippen LogP contribution in [0.15, 0.2) is 24.3 Å². The summed E-state index contributed by atoms with van der Waals surface area (Å²) in [6.07, 6.45) is 6.70. The van der Waals surface area contributed by atoms with Crippen molar-refractivity contribution in [3.63, 3.8) is 0 Å². The number of unbranched alkanes of at least 4 members (excludes halogenated alkanes) is 2. The molecule has 0 amide bonds. The maximum atomic E-state index is 11.1. The van der Waals surface area contributed by atoms with Gasteiger partial charge in [0.25, 0.3) is 0 Å². The van der Waals surface area contributed by atoms with Crippen molar-refractivity contribution in [3.8, 4) is 0 Å². The molecule has 0 spiro atoms. The van der Waals surface area contributed by atoms with Crippen LogP contribution in [0, 0.1) is 6.92 Å². The number of hydrogen-bond donors (Lipinski definition) is 1. The van der Waals surface area contributed by atoms with Crippen LogP contribution in [-0.4, -0.2) is 17.2 Å². The van der Waals surface area contributed by atoms with E-state index in [0.717, 1.165) is 25.2 Å². The van der Waals surface area contributed by atoms with Crippen molar-refractivity contribution in [1.29, 1.82) is 0 Å². The molecular weight excluding hydrogens is 227 g/mol. The van der Waals surface area contributed by atoms with Crippen LogP contribution in [0.5, 0.6) is 0 Å². The van der Waals surface area contributed by atoms with Crippen LogP contribution in [0.1, 0.15) is 45.1 Å². The summed E-state index contributed by atoms with van der Waals surface area (Å²) in [6, 6.07) is 8.41. The van der Waals surface area contributed by atoms with E-state index in [9.17, 15) is 4.89 Å². The van der Waals surface area contributed by atoms with Gasteiger partial charge in [-0.25, -0.2) is 0 Å². The normalized spacial score (nSPS) is 12.7. The Morgan fingerprint density at radius 2 is 1.53 bits per heavy atom. The summed E-state index contributed by atoms with van der Waals surface area (Å²) in [5.41, 5.74) is 1.27. The maximum absolute atomic E-state index is 11.1. The minimum absolute atomic E-state index is 1.02. The van der Waals surface area contributed by atoms with Crippen molar-refractivity contribution < 1.29 is 4.89 Å². The molecule has 0 atom stereocenters. The summed E-state index contributed by atoms with van der Waals surface area (Å²) in [4.78, 5) is 11.1. The minimum atomic E-state index is -2.21. The summed E-state index contributed by atoms with van der Waals surface area (Å²) >= 11 is 0. The predicted molar refractivity (Wildman–Crippen MR) is 80.9 cm³/mol. The quantitative estimate of drug-likeness (QED) is 0.732. The Balaban J connectivity index is 2.92. The molecule has 1 aromatic rings. The van der Waals surface area contributed by atoms with Crippen molar-refractivity contribution in [2.75, 3.05) is 12.3 Å². The molecule has 0 heterocycles. The van der Waals surface area contributed by atoms with Gasteiger partial charge < -0.3 is 0 Å². The monoisotopic (exact) mass is 254 g/mol. The Kier molecular flexibility index (Phi) is 6.16. The average Bonchev–Trinajstić information content (AvgIpc) is 2.34. The third kappa shape index (κ3) is 4.08. The Morgan fingerprint density at radius 3 is 2.00 bits per heavy atom. The van der Waals surface area contributed by atoms with Crippen LogP contribution in [0.4, 0.5) is 0 Å². The molecule has 1 N–H and O–H groups in total. The molecule has 0 aromatic heterocycles. The molecule has 98 valence electrons. The second-order valence-electron chi connectivity index (χ2n) is 5.05. The van der Waals surface area contributed by atoms with E-state index in [1.165, 1.54) is 23.7 Å². The third-order valence-corrected chi connectivity index (χ3v) is 7.46. The zero-order chi connectivity index (χ0) is 12.7. The second-order valence-corrected chi connectivity index (χ2v) is 8.66. The number of aryl methyl sites for hydroxylation is 1. The van der Waals surface area contributed by atoms with Gasteiger partial charge in [-0.15, -0.1) is 0 Å². The molecule has 1 nitrogen and oxygen atoms in total. The van der Waals surface area contributed by atoms with Crippen LogP contribution in [0.25, 0.3) is 0 Å². The van der Waals surface area contributed by atoms with Gasteiger partial charge in [0.15, 0.2) is 0 Å². The van der Waals surface area contributed by atoms with E-state index in [-0.39, 0.29) is 0 Å². The molecule has 0 unspecified atom stereocenters. The van der Waals surface area contributed by atoms with Gasteiger partial charge in [-0.3, -0.25) is 0 Å². The van der Waals surface area contributed by atoms with Crippen molar-refractivity contribution in [1.82, 2.24) is 0 Å². The van der Waals surface area contributed by atoms with Crippen LogP contribution in [-0.2, 0) is 0 Å². The van der Waals surface area contributed by atoms with Gasteiger partial charge in [0, 0.05) is 0 Å². The molecule has 0 aliphatic heterocycles. The SMILES string of the molecule is CCCC[PH](O)(CCCC)c1ccccc1C. The van der Waals surface area contributed by atoms with Crippen LogP contribution in [0.2, 0.25) is 0 Å². The van der Waals surface area contributed by atoms with Gasteiger partial charge in [-0.1, -0.05) is 0 Å². The average molecular weight is 254 g/mol. The van der Waals surface area contributed by atoms with E-state index in [2.05, 4.69) is 45.0 Å². The Bertz CT molecular complexity index is 327. The van der Waals surface area contributed by atoms with Crippen molar-refractivity contribution >= 4 is 12.8 Å². The Labute approximate surface area is 107 Å². The zero-order valence-electron chi connectivity index (χ0n) is 11.5. The summed E-state index contributed by atoms with van der Waals surface area (Å²) in [5.74, 6) is 0. The fourth-order valence-corrected chi connectivity index (χ4v) is 6.32. The van der Waals surface area contributed by atoms with Crippen LogP contribution >= 0.6 is 7.49 Å². The summed E-state index contributed by atoms with van der Waals surface area (Å²) in [5, 5.41) is 1.27. The fraction of sp³-hybridized carbons (Fsp3) is 0.600. The van der Waals surface area contributed by atoms with Gasteiger partial charge >= 0.3 is 106 Å². The van der Waals surface area contributed by atoms with Gasteiger partial charge in [-0.05, 0) is 0 Å². The van der Waals surface area contributed by atoms with Gasteiger partial charge in [-0.2, -0.15) is 0 Å². The number of hydrogen-bond acceptors (Lipinski definition) is 1. The molecule has 1 rings (SSSR count). The molecule has 17 heavy (non-hydrogen) atoms. The van der Waals surface area contributed by atoms with E-state index < -0.39 is 7.49 Å². The first-order valence-corrected chi connectivity index (χ1v) is 9.28. The summed E-state index contributed by atoms with van der Waals surface area (Å²) in [7, 11) is -2.21. The van der Waals surface area contributed by atoms with E-state index in [0.29, 0.717) is 0 Å². The molecule has 0 aliphatic rings. The standard InChI is InChI=1S/C15H27OP/c1-4-6-12-17(16,13-7-5-2)15-11-9-8-10-14(15)3/h8-11,16-17H,4-7,12-13H2,1-3H3. The van der Waals surface area contributed by atoms with Gasteiger partial charge in [0.1, 0.15) is 0 Å². The molecular formula is C15H27OP. The topological polar surface area (TPSA) is 20.2 Å². The van der Waals surface area contributed by atoms with Gasteiger partial charge in [0.2, 0.25) is 0 Å². The third-order valence-electron chi connectivity index (χ3n) is 3.53. The fourth-order valence-electron chi connectivity index (χ4n) is 2.43. The first-order valence-electron chi connectivity index (χ1n) is 6.92. The molecule has 0 radical (unpaired) electrons. The predicted octanol–water partition coefficient (Wildman–Crippen LogP) is 3.88. The molecule has 0 saturated carbocycles. The van der Waals surface area contributed by atoms with Crippen molar-refractivity contribution in [3.05, 3.63) is 29.8 Å². The number of rotatable bonds is 7. The molecule has 1 aromatic carbocycles. The molecule has 2 heteroatoms. The molecule has 0 fully saturated rings. The number of benzene rings is 1. The second kappa shape index (κ2) is 7.13. The van der Waals surface area contributed by atoms with Crippen LogP contribution in [0.3, 0.4) is 0 Å². The van der Waals surface area contributed by atoms with E-state index >= 15 is 0 Å². The Morgan fingerprint density at radius 1 is 1.00 bits per heavy atom.